The van der Waals surface area contributed by atoms with Crippen molar-refractivity contribution < 1.29 is 8.42 Å². The average Bonchev–Trinajstić information content (AvgIpc) is 2.01. The molecule has 1 unspecified atom stereocenters. The molecule has 0 fully saturated rings. The second kappa shape index (κ2) is 5.27. The van der Waals surface area contributed by atoms with Gasteiger partial charge < -0.3 is 10.6 Å². The van der Waals surface area contributed by atoms with Gasteiger partial charge in [-0.1, -0.05) is 0 Å². The number of hydrogen-bond acceptors (Lipinski definition) is 4. The second-order valence-corrected chi connectivity index (χ2v) is 7.19. The van der Waals surface area contributed by atoms with E-state index in [2.05, 4.69) is 18.7 Å². The predicted octanol–water partition coefficient (Wildman–Crippen LogP) is 0.479. The van der Waals surface area contributed by atoms with Gasteiger partial charge in [0.1, 0.15) is 9.84 Å². The third kappa shape index (κ3) is 5.49. The summed E-state index contributed by atoms with van der Waals surface area (Å²) >= 11 is 0. The molecule has 0 aromatic heterocycles. The Kier molecular flexibility index (Phi) is 5.23. The Morgan fingerprint density at radius 1 is 1.33 bits per heavy atom. The predicted molar refractivity (Wildman–Crippen MR) is 64.7 cm³/mol. The maximum Gasteiger partial charge on any atom is 0.147 e. The van der Waals surface area contributed by atoms with Crippen LogP contribution in [-0.4, -0.2) is 51.0 Å². The molecule has 0 aliphatic carbocycles. The van der Waals surface area contributed by atoms with Gasteiger partial charge in [0.15, 0.2) is 0 Å². The smallest absolute Gasteiger partial charge is 0.147 e. The van der Waals surface area contributed by atoms with Gasteiger partial charge in [-0.3, -0.25) is 0 Å². The van der Waals surface area contributed by atoms with Crippen molar-refractivity contribution in [3.8, 4) is 0 Å². The number of rotatable bonds is 6. The van der Waals surface area contributed by atoms with Crippen molar-refractivity contribution >= 4 is 9.84 Å². The lowest BCUT2D eigenvalue weighted by atomic mass is 9.91. The molecule has 0 rings (SSSR count). The molecule has 0 spiro atoms. The maximum absolute atomic E-state index is 10.9. The summed E-state index contributed by atoms with van der Waals surface area (Å²) in [6, 6.07) is -0.00532. The van der Waals surface area contributed by atoms with Crippen LogP contribution in [0.1, 0.15) is 26.7 Å². The molecule has 0 aliphatic rings. The van der Waals surface area contributed by atoms with E-state index in [1.807, 2.05) is 14.1 Å². The molecule has 0 bridgehead atoms. The van der Waals surface area contributed by atoms with Gasteiger partial charge in [-0.05, 0) is 40.8 Å². The fraction of sp³-hybridized carbons (Fsp3) is 1.00. The van der Waals surface area contributed by atoms with Crippen LogP contribution in [0.25, 0.3) is 0 Å². The van der Waals surface area contributed by atoms with E-state index in [-0.39, 0.29) is 17.3 Å². The molecule has 0 aromatic rings. The molecule has 0 saturated carbocycles. The SMILES string of the molecule is CN(C)C(C)(C)C(N)CCCS(C)(=O)=O. The van der Waals surface area contributed by atoms with Crippen molar-refractivity contribution in [3.05, 3.63) is 0 Å². The zero-order valence-electron chi connectivity index (χ0n) is 10.4. The third-order valence-corrected chi connectivity index (χ3v) is 4.12. The summed E-state index contributed by atoms with van der Waals surface area (Å²) in [6.07, 6.45) is 2.63. The van der Waals surface area contributed by atoms with Crippen LogP contribution < -0.4 is 5.73 Å². The fourth-order valence-corrected chi connectivity index (χ4v) is 1.94. The van der Waals surface area contributed by atoms with Crippen molar-refractivity contribution in [1.82, 2.24) is 4.90 Å². The molecule has 15 heavy (non-hydrogen) atoms. The van der Waals surface area contributed by atoms with E-state index in [1.165, 1.54) is 6.26 Å². The van der Waals surface area contributed by atoms with Crippen LogP contribution >= 0.6 is 0 Å². The monoisotopic (exact) mass is 236 g/mol. The van der Waals surface area contributed by atoms with Crippen LogP contribution in [0.3, 0.4) is 0 Å². The lowest BCUT2D eigenvalue weighted by Crippen LogP contribution is -2.53. The molecular formula is C10H24N2O2S. The molecule has 1 atom stereocenters. The van der Waals surface area contributed by atoms with Gasteiger partial charge in [-0.15, -0.1) is 0 Å². The van der Waals surface area contributed by atoms with Gasteiger partial charge in [-0.25, -0.2) is 8.42 Å². The van der Waals surface area contributed by atoms with Gasteiger partial charge in [0.2, 0.25) is 0 Å². The van der Waals surface area contributed by atoms with E-state index in [1.54, 1.807) is 0 Å². The van der Waals surface area contributed by atoms with Gasteiger partial charge in [0.05, 0.1) is 0 Å². The molecule has 0 heterocycles. The first-order valence-corrected chi connectivity index (χ1v) is 7.24. The molecule has 0 amide bonds. The Morgan fingerprint density at radius 3 is 2.13 bits per heavy atom. The first-order chi connectivity index (χ1) is 6.57. The van der Waals surface area contributed by atoms with Gasteiger partial charge in [0, 0.05) is 23.6 Å². The molecule has 5 heteroatoms. The van der Waals surface area contributed by atoms with E-state index in [4.69, 9.17) is 5.73 Å². The first-order valence-electron chi connectivity index (χ1n) is 5.18. The third-order valence-electron chi connectivity index (χ3n) is 3.09. The van der Waals surface area contributed by atoms with Crippen LogP contribution in [0, 0.1) is 0 Å². The Hall–Kier alpha value is -0.130. The normalized spacial score (nSPS) is 15.7. The summed E-state index contributed by atoms with van der Waals surface area (Å²) < 4.78 is 21.9. The van der Waals surface area contributed by atoms with Crippen LogP contribution in [0.4, 0.5) is 0 Å². The van der Waals surface area contributed by atoms with E-state index in [9.17, 15) is 8.42 Å². The van der Waals surface area contributed by atoms with Crippen molar-refractivity contribution in [2.75, 3.05) is 26.1 Å². The minimum absolute atomic E-state index is 0.00532. The van der Waals surface area contributed by atoms with Gasteiger partial charge >= 0.3 is 0 Å². The topological polar surface area (TPSA) is 63.4 Å². The van der Waals surface area contributed by atoms with Crippen molar-refractivity contribution in [1.29, 1.82) is 0 Å². The van der Waals surface area contributed by atoms with E-state index in [0.29, 0.717) is 6.42 Å². The van der Waals surface area contributed by atoms with Gasteiger partial charge in [-0.2, -0.15) is 0 Å². The molecular weight excluding hydrogens is 212 g/mol. The largest absolute Gasteiger partial charge is 0.326 e. The number of sulfone groups is 1. The van der Waals surface area contributed by atoms with E-state index < -0.39 is 9.84 Å². The van der Waals surface area contributed by atoms with Crippen LogP contribution in [0.15, 0.2) is 0 Å². The molecule has 0 saturated heterocycles. The number of nitrogens with two attached hydrogens (primary N) is 1. The molecule has 0 aromatic carbocycles. The maximum atomic E-state index is 10.9. The zero-order valence-corrected chi connectivity index (χ0v) is 11.3. The Morgan fingerprint density at radius 2 is 1.80 bits per heavy atom. The lowest BCUT2D eigenvalue weighted by Gasteiger charge is -2.38. The molecule has 2 N–H and O–H groups in total. The van der Waals surface area contributed by atoms with Crippen LogP contribution in [0.5, 0.6) is 0 Å². The Balaban J connectivity index is 4.10. The minimum atomic E-state index is -2.85. The van der Waals surface area contributed by atoms with Gasteiger partial charge in [0.25, 0.3) is 0 Å². The fourth-order valence-electron chi connectivity index (χ4n) is 1.25. The van der Waals surface area contributed by atoms with E-state index >= 15 is 0 Å². The van der Waals surface area contributed by atoms with Crippen LogP contribution in [-0.2, 0) is 9.84 Å². The standard InChI is InChI=1S/C10H24N2O2S/c1-10(2,12(3)4)9(11)7-6-8-15(5,13)14/h9H,6-8,11H2,1-5H3. The summed E-state index contributed by atoms with van der Waals surface area (Å²) in [4.78, 5) is 2.07. The summed E-state index contributed by atoms with van der Waals surface area (Å²) in [6.45, 7) is 4.14. The molecule has 0 radical (unpaired) electrons. The molecule has 4 nitrogen and oxygen atoms in total. The van der Waals surface area contributed by atoms with Crippen molar-refractivity contribution in [3.63, 3.8) is 0 Å². The second-order valence-electron chi connectivity index (χ2n) is 4.93. The Bertz CT molecular complexity index is 284. The van der Waals surface area contributed by atoms with E-state index in [0.717, 1.165) is 6.42 Å². The van der Waals surface area contributed by atoms with Crippen LogP contribution in [0.2, 0.25) is 0 Å². The molecule has 0 aliphatic heterocycles. The summed E-state index contributed by atoms with van der Waals surface area (Å²) in [5, 5.41) is 0. The highest BCUT2D eigenvalue weighted by Crippen LogP contribution is 2.17. The van der Waals surface area contributed by atoms with Crippen molar-refractivity contribution in [2.24, 2.45) is 5.73 Å². The quantitative estimate of drug-likeness (QED) is 0.728. The highest BCUT2D eigenvalue weighted by atomic mass is 32.2. The summed E-state index contributed by atoms with van der Waals surface area (Å²) in [5.41, 5.74) is 5.95. The molecule has 92 valence electrons. The number of likely N-dealkylation sites (N-methyl/N-ethyl adjacent to an activating group) is 1. The highest BCUT2D eigenvalue weighted by Gasteiger charge is 2.28. The first kappa shape index (κ1) is 14.9. The van der Waals surface area contributed by atoms with Crippen molar-refractivity contribution in [2.45, 2.75) is 38.3 Å². The summed E-state index contributed by atoms with van der Waals surface area (Å²) in [7, 11) is 1.11. The zero-order chi connectivity index (χ0) is 12.3. The Labute approximate surface area is 93.7 Å². The number of nitrogens with zero attached hydrogens (tertiary/aromatic N) is 1. The minimum Gasteiger partial charge on any atom is -0.326 e. The lowest BCUT2D eigenvalue weighted by molar-refractivity contribution is 0.153. The average molecular weight is 236 g/mol. The highest BCUT2D eigenvalue weighted by molar-refractivity contribution is 7.90. The number of hydrogen-bond donors (Lipinski definition) is 1. The summed E-state index contributed by atoms with van der Waals surface area (Å²) in [5.74, 6) is 0.226.